The van der Waals surface area contributed by atoms with Crippen molar-refractivity contribution < 1.29 is 24.2 Å². The van der Waals surface area contributed by atoms with Gasteiger partial charge < -0.3 is 19.9 Å². The van der Waals surface area contributed by atoms with Crippen LogP contribution in [0.25, 0.3) is 0 Å². The van der Waals surface area contributed by atoms with Crippen LogP contribution in [-0.2, 0) is 16.8 Å². The fourth-order valence-electron chi connectivity index (χ4n) is 2.06. The fourth-order valence-corrected chi connectivity index (χ4v) is 2.06. The number of hydrogen-bond acceptors (Lipinski definition) is 4. The van der Waals surface area contributed by atoms with E-state index in [1.807, 2.05) is 0 Å². The zero-order valence-corrected chi connectivity index (χ0v) is 12.1. The molecule has 6 nitrogen and oxygen atoms in total. The largest absolute Gasteiger partial charge is 0.478 e. The van der Waals surface area contributed by atoms with Crippen molar-refractivity contribution in [3.05, 3.63) is 59.5 Å². The molecule has 6 heteroatoms. The van der Waals surface area contributed by atoms with Gasteiger partial charge in [0.1, 0.15) is 11.4 Å². The fraction of sp³-hybridized carbons (Fsp3) is 0.250. The number of furan rings is 1. The van der Waals surface area contributed by atoms with E-state index in [1.54, 1.807) is 30.3 Å². The standard InChI is InChI=1S/C16H17NO5/c1-16(21,13-7-4-8-22-13)10-17-14(18)9-11-5-2-3-6-12(11)15(19)20/h2-8,21H,9-10H2,1H3,(H,17,18)(H,19,20). The van der Waals surface area contributed by atoms with Crippen LogP contribution in [0.3, 0.4) is 0 Å². The van der Waals surface area contributed by atoms with E-state index in [9.17, 15) is 14.7 Å². The van der Waals surface area contributed by atoms with Gasteiger partial charge in [-0.15, -0.1) is 0 Å². The summed E-state index contributed by atoms with van der Waals surface area (Å²) in [5.74, 6) is -1.11. The third kappa shape index (κ3) is 3.73. The monoisotopic (exact) mass is 303 g/mol. The lowest BCUT2D eigenvalue weighted by atomic mass is 10.0. The third-order valence-corrected chi connectivity index (χ3v) is 3.28. The Bertz CT molecular complexity index is 661. The summed E-state index contributed by atoms with van der Waals surface area (Å²) in [4.78, 5) is 23.0. The van der Waals surface area contributed by atoms with Gasteiger partial charge in [-0.2, -0.15) is 0 Å². The van der Waals surface area contributed by atoms with Crippen LogP contribution in [0.4, 0.5) is 0 Å². The van der Waals surface area contributed by atoms with Crippen molar-refractivity contribution in [2.75, 3.05) is 6.54 Å². The molecule has 0 aliphatic carbocycles. The van der Waals surface area contributed by atoms with E-state index in [0.717, 1.165) is 0 Å². The molecule has 0 radical (unpaired) electrons. The van der Waals surface area contributed by atoms with Gasteiger partial charge in [-0.05, 0) is 30.7 Å². The first-order valence-corrected chi connectivity index (χ1v) is 6.74. The van der Waals surface area contributed by atoms with Crippen LogP contribution in [0.2, 0.25) is 0 Å². The lowest BCUT2D eigenvalue weighted by Gasteiger charge is -2.21. The highest BCUT2D eigenvalue weighted by Crippen LogP contribution is 2.19. The third-order valence-electron chi connectivity index (χ3n) is 3.28. The molecule has 1 aromatic carbocycles. The Hall–Kier alpha value is -2.60. The Labute approximate surface area is 127 Å². The van der Waals surface area contributed by atoms with Crippen LogP contribution in [0, 0.1) is 0 Å². The number of carboxylic acids is 1. The maximum absolute atomic E-state index is 12.0. The van der Waals surface area contributed by atoms with Crippen molar-refractivity contribution >= 4 is 11.9 Å². The quantitative estimate of drug-likeness (QED) is 0.751. The van der Waals surface area contributed by atoms with E-state index < -0.39 is 11.6 Å². The summed E-state index contributed by atoms with van der Waals surface area (Å²) < 4.78 is 5.12. The highest BCUT2D eigenvalue weighted by Gasteiger charge is 2.26. The maximum Gasteiger partial charge on any atom is 0.335 e. The number of carbonyl (C=O) groups is 2. The zero-order valence-electron chi connectivity index (χ0n) is 12.1. The number of aliphatic hydroxyl groups is 1. The number of amides is 1. The Balaban J connectivity index is 1.98. The van der Waals surface area contributed by atoms with Crippen molar-refractivity contribution in [3.63, 3.8) is 0 Å². The van der Waals surface area contributed by atoms with Gasteiger partial charge in [0.05, 0.1) is 24.8 Å². The summed E-state index contributed by atoms with van der Waals surface area (Å²) in [5, 5.41) is 21.9. The average molecular weight is 303 g/mol. The van der Waals surface area contributed by atoms with Crippen molar-refractivity contribution in [2.24, 2.45) is 0 Å². The Kier molecular flexibility index (Phi) is 4.62. The lowest BCUT2D eigenvalue weighted by molar-refractivity contribution is -0.121. The van der Waals surface area contributed by atoms with Crippen LogP contribution < -0.4 is 5.32 Å². The number of benzene rings is 1. The molecule has 0 saturated carbocycles. The van der Waals surface area contributed by atoms with Crippen LogP contribution in [0.5, 0.6) is 0 Å². The molecular formula is C16H17NO5. The van der Waals surface area contributed by atoms with Gasteiger partial charge in [-0.1, -0.05) is 18.2 Å². The molecule has 22 heavy (non-hydrogen) atoms. The first-order chi connectivity index (χ1) is 10.4. The zero-order chi connectivity index (χ0) is 16.2. The normalized spacial score (nSPS) is 13.4. The smallest absolute Gasteiger partial charge is 0.335 e. The molecule has 116 valence electrons. The molecule has 1 unspecified atom stereocenters. The molecule has 2 aromatic rings. The summed E-state index contributed by atoms with van der Waals surface area (Å²) >= 11 is 0. The summed E-state index contributed by atoms with van der Waals surface area (Å²) in [6.07, 6.45) is 1.37. The van der Waals surface area contributed by atoms with Gasteiger partial charge in [-0.3, -0.25) is 4.79 Å². The minimum Gasteiger partial charge on any atom is -0.478 e. The topological polar surface area (TPSA) is 99.8 Å². The minimum atomic E-state index is -1.33. The Morgan fingerprint density at radius 3 is 2.59 bits per heavy atom. The molecule has 0 fully saturated rings. The summed E-state index contributed by atoms with van der Waals surface area (Å²) in [6.45, 7) is 1.49. The SMILES string of the molecule is CC(O)(CNC(=O)Cc1ccccc1C(=O)O)c1ccco1. The summed E-state index contributed by atoms with van der Waals surface area (Å²) in [5.41, 5.74) is -0.813. The minimum absolute atomic E-state index is 0.0331. The molecule has 3 N–H and O–H groups in total. The lowest BCUT2D eigenvalue weighted by Crippen LogP contribution is -2.39. The van der Waals surface area contributed by atoms with Gasteiger partial charge in [0.2, 0.25) is 5.91 Å². The number of aromatic carboxylic acids is 1. The molecule has 1 atom stereocenters. The molecule has 0 saturated heterocycles. The number of rotatable bonds is 6. The number of nitrogens with one attached hydrogen (secondary N) is 1. The van der Waals surface area contributed by atoms with E-state index in [1.165, 1.54) is 19.3 Å². The van der Waals surface area contributed by atoms with Crippen LogP contribution >= 0.6 is 0 Å². The molecule has 0 aliphatic heterocycles. The highest BCUT2D eigenvalue weighted by molar-refractivity contribution is 5.91. The van der Waals surface area contributed by atoms with Crippen molar-refractivity contribution in [3.8, 4) is 0 Å². The maximum atomic E-state index is 12.0. The highest BCUT2D eigenvalue weighted by atomic mass is 16.4. The number of carboxylic acid groups (broad SMARTS) is 1. The second kappa shape index (κ2) is 6.44. The van der Waals surface area contributed by atoms with E-state index in [4.69, 9.17) is 9.52 Å². The summed E-state index contributed by atoms with van der Waals surface area (Å²) in [7, 11) is 0. The number of hydrogen-bond donors (Lipinski definition) is 3. The van der Waals surface area contributed by atoms with Crippen LogP contribution in [-0.4, -0.2) is 28.6 Å². The molecule has 0 bridgehead atoms. The van der Waals surface area contributed by atoms with Gasteiger partial charge in [0.15, 0.2) is 0 Å². The van der Waals surface area contributed by atoms with Crippen molar-refractivity contribution in [1.29, 1.82) is 0 Å². The molecule has 1 amide bonds. The molecule has 0 aliphatic rings. The van der Waals surface area contributed by atoms with Gasteiger partial charge in [-0.25, -0.2) is 4.79 Å². The van der Waals surface area contributed by atoms with Crippen molar-refractivity contribution in [1.82, 2.24) is 5.32 Å². The summed E-state index contributed by atoms with van der Waals surface area (Å²) in [6, 6.07) is 9.58. The first kappa shape index (κ1) is 15.8. The number of carbonyl (C=O) groups excluding carboxylic acids is 1. The van der Waals surface area contributed by atoms with E-state index in [0.29, 0.717) is 11.3 Å². The van der Waals surface area contributed by atoms with Crippen LogP contribution in [0.15, 0.2) is 47.1 Å². The van der Waals surface area contributed by atoms with E-state index >= 15 is 0 Å². The second-order valence-electron chi connectivity index (χ2n) is 5.17. The van der Waals surface area contributed by atoms with E-state index in [2.05, 4.69) is 5.32 Å². The van der Waals surface area contributed by atoms with Gasteiger partial charge >= 0.3 is 5.97 Å². The molecule has 1 heterocycles. The predicted octanol–water partition coefficient (Wildman–Crippen LogP) is 1.54. The molecule has 2 rings (SSSR count). The molecular weight excluding hydrogens is 286 g/mol. The Morgan fingerprint density at radius 1 is 1.23 bits per heavy atom. The average Bonchev–Trinajstić information content (AvgIpc) is 3.01. The molecule has 1 aromatic heterocycles. The van der Waals surface area contributed by atoms with E-state index in [-0.39, 0.29) is 24.4 Å². The van der Waals surface area contributed by atoms with Crippen LogP contribution in [0.1, 0.15) is 28.6 Å². The van der Waals surface area contributed by atoms with Gasteiger partial charge in [0.25, 0.3) is 0 Å². The second-order valence-corrected chi connectivity index (χ2v) is 5.17. The Morgan fingerprint density at radius 2 is 1.95 bits per heavy atom. The van der Waals surface area contributed by atoms with Gasteiger partial charge in [0, 0.05) is 0 Å². The first-order valence-electron chi connectivity index (χ1n) is 6.74. The molecule has 0 spiro atoms. The van der Waals surface area contributed by atoms with Crippen molar-refractivity contribution in [2.45, 2.75) is 18.9 Å². The predicted molar refractivity (Wildman–Crippen MR) is 78.4 cm³/mol.